The number of nitriles is 1. The van der Waals surface area contributed by atoms with Gasteiger partial charge in [-0.15, -0.1) is 0 Å². The van der Waals surface area contributed by atoms with Crippen molar-refractivity contribution in [3.63, 3.8) is 0 Å². The molecule has 0 unspecified atom stereocenters. The quantitative estimate of drug-likeness (QED) is 0.294. The van der Waals surface area contributed by atoms with Crippen LogP contribution in [-0.4, -0.2) is 18.5 Å². The second kappa shape index (κ2) is 10.7. The predicted octanol–water partition coefficient (Wildman–Crippen LogP) is 4.72. The number of unbranched alkanes of at least 4 members (excludes halogenated alkanes) is 1. The summed E-state index contributed by atoms with van der Waals surface area (Å²) in [5.41, 5.74) is 3.35. The van der Waals surface area contributed by atoms with Crippen LogP contribution in [-0.2, 0) is 9.53 Å². The lowest BCUT2D eigenvalue weighted by Gasteiger charge is -2.11. The van der Waals surface area contributed by atoms with Gasteiger partial charge in [0.1, 0.15) is 11.6 Å². The molecule has 6 nitrogen and oxygen atoms in total. The van der Waals surface area contributed by atoms with E-state index < -0.39 is 11.9 Å². The molecule has 150 valence electrons. The highest BCUT2D eigenvalue weighted by Gasteiger charge is 2.16. The molecule has 0 fully saturated rings. The summed E-state index contributed by atoms with van der Waals surface area (Å²) in [5, 5.41) is 15.0. The highest BCUT2D eigenvalue weighted by atomic mass is 16.5. The number of ether oxygens (including phenoxy) is 1. The zero-order valence-electron chi connectivity index (χ0n) is 16.9. The van der Waals surface area contributed by atoms with Gasteiger partial charge in [-0.1, -0.05) is 31.5 Å². The number of carbonyl (C=O) groups excluding carboxylic acids is 2. The lowest BCUT2D eigenvalue weighted by Crippen LogP contribution is -2.18. The van der Waals surface area contributed by atoms with Crippen LogP contribution in [0.3, 0.4) is 0 Å². The number of benzene rings is 2. The fraction of sp³-hybridized carbons (Fsp3) is 0.261. The molecular formula is C23H25N3O3. The topological polar surface area (TPSA) is 91.2 Å². The van der Waals surface area contributed by atoms with Crippen molar-refractivity contribution in [1.29, 1.82) is 5.26 Å². The van der Waals surface area contributed by atoms with Crippen LogP contribution >= 0.6 is 0 Å². The van der Waals surface area contributed by atoms with Crippen molar-refractivity contribution in [1.82, 2.24) is 0 Å². The van der Waals surface area contributed by atoms with Gasteiger partial charge in [0.25, 0.3) is 5.91 Å². The Bertz CT molecular complexity index is 938. The molecule has 0 saturated heterocycles. The average molecular weight is 391 g/mol. The second-order valence-corrected chi connectivity index (χ2v) is 6.68. The summed E-state index contributed by atoms with van der Waals surface area (Å²) in [7, 11) is 0. The number of nitrogens with one attached hydrogen (secondary N) is 2. The van der Waals surface area contributed by atoms with Crippen LogP contribution in [0.2, 0.25) is 0 Å². The van der Waals surface area contributed by atoms with E-state index in [1.54, 1.807) is 24.3 Å². The van der Waals surface area contributed by atoms with Gasteiger partial charge >= 0.3 is 5.97 Å². The molecule has 0 aromatic heterocycles. The SMILES string of the molecule is CCCCOC(=O)c1ccccc1NC(=O)/C(C#N)=C\Nc1cc(C)cc(C)c1. The van der Waals surface area contributed by atoms with E-state index in [4.69, 9.17) is 4.74 Å². The molecule has 0 heterocycles. The fourth-order valence-electron chi connectivity index (χ4n) is 2.71. The average Bonchev–Trinajstić information content (AvgIpc) is 2.68. The lowest BCUT2D eigenvalue weighted by molar-refractivity contribution is -0.112. The molecule has 1 amide bonds. The Morgan fingerprint density at radius 2 is 1.83 bits per heavy atom. The molecular weight excluding hydrogens is 366 g/mol. The van der Waals surface area contributed by atoms with Gasteiger partial charge in [-0.25, -0.2) is 4.79 Å². The molecule has 29 heavy (non-hydrogen) atoms. The first-order valence-corrected chi connectivity index (χ1v) is 9.47. The number of hydrogen-bond acceptors (Lipinski definition) is 5. The summed E-state index contributed by atoms with van der Waals surface area (Å²) in [5.74, 6) is -1.12. The molecule has 2 aromatic rings. The number of para-hydroxylation sites is 1. The van der Waals surface area contributed by atoms with Crippen LogP contribution in [0, 0.1) is 25.2 Å². The number of nitrogens with zero attached hydrogens (tertiary/aromatic N) is 1. The number of rotatable bonds is 8. The summed E-state index contributed by atoms with van der Waals surface area (Å²) in [6.45, 7) is 6.26. The van der Waals surface area contributed by atoms with Crippen LogP contribution in [0.25, 0.3) is 0 Å². The first-order valence-electron chi connectivity index (χ1n) is 9.47. The Morgan fingerprint density at radius 1 is 1.14 bits per heavy atom. The Hall–Kier alpha value is -3.59. The monoisotopic (exact) mass is 391 g/mol. The number of carbonyl (C=O) groups is 2. The van der Waals surface area contributed by atoms with E-state index in [1.807, 2.05) is 45.0 Å². The lowest BCUT2D eigenvalue weighted by atomic mass is 10.1. The van der Waals surface area contributed by atoms with Crippen LogP contribution in [0.5, 0.6) is 0 Å². The minimum absolute atomic E-state index is 0.113. The zero-order chi connectivity index (χ0) is 21.2. The van der Waals surface area contributed by atoms with E-state index >= 15 is 0 Å². The van der Waals surface area contributed by atoms with Crippen LogP contribution in [0.15, 0.2) is 54.2 Å². The largest absolute Gasteiger partial charge is 0.462 e. The maximum absolute atomic E-state index is 12.5. The maximum atomic E-state index is 12.5. The summed E-state index contributed by atoms with van der Waals surface area (Å²) < 4.78 is 5.22. The third-order valence-corrected chi connectivity index (χ3v) is 4.10. The van der Waals surface area contributed by atoms with Gasteiger partial charge < -0.3 is 15.4 Å². The maximum Gasteiger partial charge on any atom is 0.340 e. The Labute approximate surface area is 171 Å². The third kappa shape index (κ3) is 6.51. The van der Waals surface area contributed by atoms with Gasteiger partial charge in [0, 0.05) is 11.9 Å². The molecule has 2 aromatic carbocycles. The molecule has 0 atom stereocenters. The normalized spacial score (nSPS) is 10.8. The van der Waals surface area contributed by atoms with Gasteiger partial charge in [-0.2, -0.15) is 5.26 Å². The van der Waals surface area contributed by atoms with Crippen LogP contribution in [0.4, 0.5) is 11.4 Å². The molecule has 0 aliphatic rings. The molecule has 0 bridgehead atoms. The number of esters is 1. The highest BCUT2D eigenvalue weighted by Crippen LogP contribution is 2.18. The standard InChI is InChI=1S/C23H25N3O3/c1-4-5-10-29-23(28)20-8-6-7-9-21(20)26-22(27)18(14-24)15-25-19-12-16(2)11-17(3)13-19/h6-9,11-13,15,25H,4-5,10H2,1-3H3,(H,26,27)/b18-15-. The van der Waals surface area contributed by atoms with E-state index in [1.165, 1.54) is 6.20 Å². The first-order chi connectivity index (χ1) is 13.9. The summed E-state index contributed by atoms with van der Waals surface area (Å²) in [6, 6.07) is 14.3. The summed E-state index contributed by atoms with van der Waals surface area (Å²) in [4.78, 5) is 24.8. The van der Waals surface area contributed by atoms with Crippen molar-refractivity contribution < 1.29 is 14.3 Å². The van der Waals surface area contributed by atoms with Crippen molar-refractivity contribution in [3.8, 4) is 6.07 Å². The van der Waals surface area contributed by atoms with E-state index in [0.717, 1.165) is 29.7 Å². The molecule has 0 spiro atoms. The van der Waals surface area contributed by atoms with Crippen LogP contribution in [0.1, 0.15) is 41.3 Å². The second-order valence-electron chi connectivity index (χ2n) is 6.68. The van der Waals surface area contributed by atoms with Crippen LogP contribution < -0.4 is 10.6 Å². The molecule has 0 saturated carbocycles. The number of amides is 1. The highest BCUT2D eigenvalue weighted by molar-refractivity contribution is 6.09. The minimum atomic E-state index is -0.613. The Balaban J connectivity index is 2.13. The van der Waals surface area contributed by atoms with Gasteiger partial charge in [0.05, 0.1) is 17.9 Å². The predicted molar refractivity (Wildman–Crippen MR) is 113 cm³/mol. The Kier molecular flexibility index (Phi) is 7.99. The van der Waals surface area contributed by atoms with E-state index in [9.17, 15) is 14.9 Å². The Morgan fingerprint density at radius 3 is 2.48 bits per heavy atom. The molecule has 0 aliphatic carbocycles. The van der Waals surface area contributed by atoms with Gasteiger partial charge in [0.15, 0.2) is 0 Å². The van der Waals surface area contributed by atoms with Crippen molar-refractivity contribution in [3.05, 3.63) is 70.9 Å². The van der Waals surface area contributed by atoms with Crippen molar-refractivity contribution >= 4 is 23.3 Å². The van der Waals surface area contributed by atoms with Crippen molar-refractivity contribution in [2.75, 3.05) is 17.2 Å². The first kappa shape index (κ1) is 21.7. The summed E-state index contributed by atoms with van der Waals surface area (Å²) in [6.07, 6.45) is 3.03. The molecule has 2 rings (SSSR count). The van der Waals surface area contributed by atoms with Gasteiger partial charge in [-0.05, 0) is 55.7 Å². The molecule has 0 radical (unpaired) electrons. The van der Waals surface area contributed by atoms with E-state index in [0.29, 0.717) is 12.3 Å². The summed E-state index contributed by atoms with van der Waals surface area (Å²) >= 11 is 0. The molecule has 2 N–H and O–H groups in total. The minimum Gasteiger partial charge on any atom is -0.462 e. The smallest absolute Gasteiger partial charge is 0.340 e. The third-order valence-electron chi connectivity index (χ3n) is 4.10. The number of aryl methyl sites for hydroxylation is 2. The molecule has 0 aliphatic heterocycles. The molecule has 6 heteroatoms. The van der Waals surface area contributed by atoms with Crippen molar-refractivity contribution in [2.24, 2.45) is 0 Å². The van der Waals surface area contributed by atoms with E-state index in [2.05, 4.69) is 10.6 Å². The van der Waals surface area contributed by atoms with Gasteiger partial charge in [-0.3, -0.25) is 4.79 Å². The van der Waals surface area contributed by atoms with E-state index in [-0.39, 0.29) is 11.1 Å². The number of anilines is 2. The van der Waals surface area contributed by atoms with Gasteiger partial charge in [0.2, 0.25) is 0 Å². The fourth-order valence-corrected chi connectivity index (χ4v) is 2.71. The van der Waals surface area contributed by atoms with Crippen molar-refractivity contribution in [2.45, 2.75) is 33.6 Å². The zero-order valence-corrected chi connectivity index (χ0v) is 16.9. The number of hydrogen-bond donors (Lipinski definition) is 2.